The first-order chi connectivity index (χ1) is 16.7. The van der Waals surface area contributed by atoms with Crippen molar-refractivity contribution in [2.45, 2.75) is 77.2 Å². The zero-order valence-electron chi connectivity index (χ0n) is 21.5. The van der Waals surface area contributed by atoms with Gasteiger partial charge in [-0.15, -0.1) is 0 Å². The molecule has 0 aromatic heterocycles. The summed E-state index contributed by atoms with van der Waals surface area (Å²) in [5, 5.41) is 47.4. The fourth-order valence-corrected chi connectivity index (χ4v) is 8.16. The van der Waals surface area contributed by atoms with Gasteiger partial charge in [0.05, 0.1) is 10.8 Å². The molecule has 194 valence electrons. The molecule has 5 aliphatic rings. The number of hydrogen-bond acceptors (Lipinski definition) is 8. The van der Waals surface area contributed by atoms with Gasteiger partial charge in [-0.3, -0.25) is 9.59 Å². The first-order valence-electron chi connectivity index (χ1n) is 12.4. The molecule has 2 saturated heterocycles. The summed E-state index contributed by atoms with van der Waals surface area (Å²) in [5.41, 5.74) is -7.18. The van der Waals surface area contributed by atoms with Gasteiger partial charge in [0.1, 0.15) is 22.7 Å². The van der Waals surface area contributed by atoms with Crippen LogP contribution in [0.15, 0.2) is 59.1 Å². The van der Waals surface area contributed by atoms with Crippen LogP contribution in [0, 0.1) is 22.7 Å². The second kappa shape index (κ2) is 7.07. The summed E-state index contributed by atoms with van der Waals surface area (Å²) < 4.78 is 12.5. The van der Waals surface area contributed by atoms with Crippen LogP contribution in [0.2, 0.25) is 0 Å². The van der Waals surface area contributed by atoms with E-state index in [0.717, 1.165) is 0 Å². The van der Waals surface area contributed by atoms with Crippen LogP contribution in [0.4, 0.5) is 0 Å². The van der Waals surface area contributed by atoms with Crippen molar-refractivity contribution in [1.82, 2.24) is 0 Å². The highest BCUT2D eigenvalue weighted by molar-refractivity contribution is 6.08. The number of ether oxygens (including phenoxy) is 2. The highest BCUT2D eigenvalue weighted by Gasteiger charge is 2.98. The molecule has 2 saturated carbocycles. The van der Waals surface area contributed by atoms with Crippen molar-refractivity contribution in [3.8, 4) is 0 Å². The van der Waals surface area contributed by atoms with Gasteiger partial charge in [0, 0.05) is 29.4 Å². The third-order valence-electron chi connectivity index (χ3n) is 9.68. The van der Waals surface area contributed by atoms with E-state index in [1.807, 2.05) is 19.1 Å². The van der Waals surface area contributed by atoms with Gasteiger partial charge in [0.2, 0.25) is 11.6 Å². The van der Waals surface area contributed by atoms with Crippen molar-refractivity contribution >= 4 is 11.6 Å². The maximum atomic E-state index is 14.3. The molecule has 5 rings (SSSR count). The Kier molecular flexibility index (Phi) is 4.94. The number of aliphatic hydroxyl groups excluding tert-OH is 2. The molecular weight excluding hydrogens is 464 g/mol. The van der Waals surface area contributed by atoms with E-state index in [2.05, 4.69) is 0 Å². The Balaban J connectivity index is 1.89. The number of Topliss-reactive ketones (excluding diaryl/α,β-unsaturated/α-hetero) is 2. The van der Waals surface area contributed by atoms with Gasteiger partial charge in [-0.05, 0) is 54.0 Å². The van der Waals surface area contributed by atoms with Gasteiger partial charge in [-0.2, -0.15) is 0 Å². The second-order valence-corrected chi connectivity index (χ2v) is 11.3. The van der Waals surface area contributed by atoms with E-state index in [4.69, 9.17) is 9.47 Å². The maximum absolute atomic E-state index is 14.3. The van der Waals surface area contributed by atoms with Crippen LogP contribution < -0.4 is 0 Å². The molecule has 8 nitrogen and oxygen atoms in total. The third kappa shape index (κ3) is 2.19. The summed E-state index contributed by atoms with van der Waals surface area (Å²) in [5.74, 6) is -8.64. The van der Waals surface area contributed by atoms with Gasteiger partial charge in [-0.25, -0.2) is 0 Å². The molecule has 0 aromatic carbocycles. The lowest BCUT2D eigenvalue weighted by molar-refractivity contribution is -0.451. The summed E-state index contributed by atoms with van der Waals surface area (Å²) >= 11 is 0. The predicted molar refractivity (Wildman–Crippen MR) is 129 cm³/mol. The molecule has 3 aliphatic carbocycles. The Morgan fingerprint density at radius 2 is 1.53 bits per heavy atom. The molecule has 8 heteroatoms. The highest BCUT2D eigenvalue weighted by Crippen LogP contribution is 2.84. The molecular formula is C28H34O8. The van der Waals surface area contributed by atoms with E-state index in [1.54, 1.807) is 25.2 Å². The molecule has 0 spiro atoms. The molecule has 2 heterocycles. The Morgan fingerprint density at radius 1 is 0.944 bits per heavy atom. The van der Waals surface area contributed by atoms with Crippen LogP contribution in [-0.2, 0) is 19.1 Å². The number of hydrogen-bond donors (Lipinski definition) is 4. The zero-order valence-corrected chi connectivity index (χ0v) is 21.5. The maximum Gasteiger partial charge on any atom is 0.210 e. The third-order valence-corrected chi connectivity index (χ3v) is 9.68. The van der Waals surface area contributed by atoms with Crippen molar-refractivity contribution in [2.24, 2.45) is 22.7 Å². The minimum absolute atomic E-state index is 0.0264. The van der Waals surface area contributed by atoms with E-state index in [-0.39, 0.29) is 29.1 Å². The Morgan fingerprint density at radius 3 is 2.11 bits per heavy atom. The van der Waals surface area contributed by atoms with Crippen LogP contribution >= 0.6 is 0 Å². The van der Waals surface area contributed by atoms with Crippen LogP contribution in [0.25, 0.3) is 0 Å². The van der Waals surface area contributed by atoms with E-state index in [9.17, 15) is 30.0 Å². The number of allylic oxidation sites excluding steroid dienone is 6. The van der Waals surface area contributed by atoms with Crippen LogP contribution in [0.1, 0.15) is 54.4 Å². The molecule has 0 aromatic rings. The lowest BCUT2D eigenvalue weighted by Gasteiger charge is -2.58. The Labute approximate surface area is 210 Å². The first-order valence-corrected chi connectivity index (χ1v) is 12.4. The van der Waals surface area contributed by atoms with Crippen molar-refractivity contribution in [3.63, 3.8) is 0 Å². The summed E-state index contributed by atoms with van der Waals surface area (Å²) in [6.07, 6.45) is 10.5. The van der Waals surface area contributed by atoms with Crippen molar-refractivity contribution < 1.29 is 39.5 Å². The molecule has 36 heavy (non-hydrogen) atoms. The van der Waals surface area contributed by atoms with Crippen LogP contribution in [0.3, 0.4) is 0 Å². The fraction of sp³-hybridized carbons (Fsp3) is 0.571. The van der Waals surface area contributed by atoms with Gasteiger partial charge in [0.15, 0.2) is 11.6 Å². The SMILES string of the molecule is C/C=C/C=C/C(O)=C1C(=O)[C@]2(C)C3C(C(=O)CC/C=C/C)=C(O)C4(C)C1[C@]1(C)O[C@@]4(O)[C@@]3(C)O[C@@]12O. The summed E-state index contributed by atoms with van der Waals surface area (Å²) in [7, 11) is 0. The quantitative estimate of drug-likeness (QED) is 0.189. The number of ketones is 2. The van der Waals surface area contributed by atoms with E-state index in [0.29, 0.717) is 6.42 Å². The Bertz CT molecular complexity index is 1240. The topological polar surface area (TPSA) is 134 Å². The monoisotopic (exact) mass is 498 g/mol. The van der Waals surface area contributed by atoms with Gasteiger partial charge >= 0.3 is 0 Å². The zero-order chi connectivity index (χ0) is 26.7. The van der Waals surface area contributed by atoms with E-state index in [1.165, 1.54) is 33.8 Å². The lowest BCUT2D eigenvalue weighted by Crippen LogP contribution is -2.72. The number of aliphatic hydroxyl groups is 4. The van der Waals surface area contributed by atoms with Crippen molar-refractivity contribution in [1.29, 1.82) is 0 Å². The number of carbonyl (C=O) groups excluding carboxylic acids is 2. The fourth-order valence-electron chi connectivity index (χ4n) is 8.16. The van der Waals surface area contributed by atoms with Gasteiger partial charge < -0.3 is 29.9 Å². The second-order valence-electron chi connectivity index (χ2n) is 11.3. The standard InChI is InChI=1S/C28H34O8/c1-7-9-11-13-15(29)17-19-23(3)22(32)18(16(30)14-12-10-8-2)20-24(4,21(17)31)28(34)25(19,5)35-27(23,33)26(20,6)36-28/h7-11,13,19-20,29,32-34H,12,14H2,1-6H3/b9-7+,10-8+,13-11+,17-15?/t19?,20?,23?,24-,25-,26-,27+,28+/m0/s1. The molecule has 4 N–H and O–H groups in total. The van der Waals surface area contributed by atoms with E-state index < -0.39 is 57.0 Å². The molecule has 0 amide bonds. The smallest absolute Gasteiger partial charge is 0.210 e. The molecule has 0 radical (unpaired) electrons. The molecule has 4 fully saturated rings. The predicted octanol–water partition coefficient (Wildman–Crippen LogP) is 3.48. The minimum Gasteiger partial charge on any atom is -0.511 e. The van der Waals surface area contributed by atoms with Gasteiger partial charge in [-0.1, -0.05) is 30.4 Å². The minimum atomic E-state index is -2.24. The summed E-state index contributed by atoms with van der Waals surface area (Å²) in [6, 6.07) is 0. The summed E-state index contributed by atoms with van der Waals surface area (Å²) in [4.78, 5) is 28.0. The molecule has 2 aliphatic heterocycles. The first kappa shape index (κ1) is 25.1. The molecule has 3 unspecified atom stereocenters. The van der Waals surface area contributed by atoms with Crippen LogP contribution in [-0.4, -0.2) is 54.8 Å². The summed E-state index contributed by atoms with van der Waals surface area (Å²) in [6.45, 7) is 9.66. The van der Waals surface area contributed by atoms with Crippen LogP contribution in [0.5, 0.6) is 0 Å². The number of rotatable bonds is 6. The average Bonchev–Trinajstić information content (AvgIpc) is 3.12. The largest absolute Gasteiger partial charge is 0.511 e. The number of carbonyl (C=O) groups is 2. The lowest BCUT2D eigenvalue weighted by atomic mass is 9.40. The molecule has 8 atom stereocenters. The van der Waals surface area contributed by atoms with Gasteiger partial charge in [0.25, 0.3) is 0 Å². The van der Waals surface area contributed by atoms with E-state index >= 15 is 0 Å². The normalized spacial score (nSPS) is 50.1. The molecule has 8 bridgehead atoms. The van der Waals surface area contributed by atoms with Crippen molar-refractivity contribution in [3.05, 3.63) is 59.1 Å². The van der Waals surface area contributed by atoms with Crippen molar-refractivity contribution in [2.75, 3.05) is 0 Å². The average molecular weight is 499 g/mol. The Hall–Kier alpha value is -2.52. The highest BCUT2D eigenvalue weighted by atomic mass is 16.8.